The monoisotopic (exact) mass is 413 g/mol. The molecule has 0 fully saturated rings. The van der Waals surface area contributed by atoms with Gasteiger partial charge in [0.15, 0.2) is 0 Å². The maximum atomic E-state index is 12.7. The van der Waals surface area contributed by atoms with E-state index >= 15 is 0 Å². The van der Waals surface area contributed by atoms with Crippen LogP contribution in [0.2, 0.25) is 5.02 Å². The molecule has 1 unspecified atom stereocenters. The van der Waals surface area contributed by atoms with E-state index in [2.05, 4.69) is 10.4 Å². The minimum atomic E-state index is -0.832. The molecule has 3 aromatic rings. The highest BCUT2D eigenvalue weighted by Crippen LogP contribution is 2.27. The number of rotatable bonds is 6. The van der Waals surface area contributed by atoms with Gasteiger partial charge in [0.1, 0.15) is 17.5 Å². The van der Waals surface area contributed by atoms with Crippen LogP contribution in [0, 0.1) is 0 Å². The van der Waals surface area contributed by atoms with Crippen molar-refractivity contribution in [2.24, 2.45) is 0 Å². The van der Waals surface area contributed by atoms with Crippen LogP contribution in [-0.4, -0.2) is 29.9 Å². The van der Waals surface area contributed by atoms with Gasteiger partial charge in [-0.15, -0.1) is 0 Å². The van der Waals surface area contributed by atoms with Crippen LogP contribution in [0.25, 0.3) is 11.3 Å². The van der Waals surface area contributed by atoms with Gasteiger partial charge < -0.3 is 14.8 Å². The van der Waals surface area contributed by atoms with E-state index in [1.54, 1.807) is 50.4 Å². The number of ether oxygens (including phenoxy) is 2. The van der Waals surface area contributed by atoms with Gasteiger partial charge in [-0.05, 0) is 55.5 Å². The summed E-state index contributed by atoms with van der Waals surface area (Å²) in [5.41, 5.74) is 1.48. The van der Waals surface area contributed by atoms with E-state index in [0.29, 0.717) is 27.9 Å². The van der Waals surface area contributed by atoms with Crippen molar-refractivity contribution in [2.45, 2.75) is 13.0 Å². The molecule has 0 saturated carbocycles. The number of methoxy groups -OCH3 is 2. The van der Waals surface area contributed by atoms with Crippen LogP contribution in [0.15, 0.2) is 59.4 Å². The molecule has 1 N–H and O–H groups in total. The standard InChI is InChI=1S/C21H20ClN3O4/c1-13(21(27)23-15-6-10-19(29-3)17(22)12-15)25-20(26)11-9-18(24-25)14-4-7-16(28-2)8-5-14/h4-13H,1-3H3,(H,23,27). The number of carbonyl (C=O) groups is 1. The molecule has 1 aromatic heterocycles. The average Bonchev–Trinajstić information content (AvgIpc) is 2.74. The third kappa shape index (κ3) is 4.57. The summed E-state index contributed by atoms with van der Waals surface area (Å²) in [6.07, 6.45) is 0. The Morgan fingerprint density at radius 3 is 2.41 bits per heavy atom. The lowest BCUT2D eigenvalue weighted by atomic mass is 10.1. The zero-order chi connectivity index (χ0) is 21.0. The molecule has 1 atom stereocenters. The molecule has 0 bridgehead atoms. The van der Waals surface area contributed by atoms with Gasteiger partial charge in [-0.2, -0.15) is 5.10 Å². The summed E-state index contributed by atoms with van der Waals surface area (Å²) >= 11 is 6.09. The fraction of sp³-hybridized carbons (Fsp3) is 0.190. The molecule has 8 heteroatoms. The van der Waals surface area contributed by atoms with Crippen molar-refractivity contribution in [3.8, 4) is 22.8 Å². The lowest BCUT2D eigenvalue weighted by molar-refractivity contribution is -0.119. The minimum Gasteiger partial charge on any atom is -0.497 e. The molecule has 7 nitrogen and oxygen atoms in total. The number of halogens is 1. The fourth-order valence-electron chi connectivity index (χ4n) is 2.72. The van der Waals surface area contributed by atoms with Gasteiger partial charge in [-0.25, -0.2) is 4.68 Å². The van der Waals surface area contributed by atoms with Gasteiger partial charge in [0.25, 0.3) is 5.56 Å². The zero-order valence-electron chi connectivity index (χ0n) is 16.2. The number of anilines is 1. The first-order chi connectivity index (χ1) is 13.9. The summed E-state index contributed by atoms with van der Waals surface area (Å²) in [4.78, 5) is 25.0. The third-order valence-electron chi connectivity index (χ3n) is 4.38. The van der Waals surface area contributed by atoms with E-state index < -0.39 is 11.9 Å². The van der Waals surface area contributed by atoms with Crippen molar-refractivity contribution in [1.82, 2.24) is 9.78 Å². The van der Waals surface area contributed by atoms with E-state index in [4.69, 9.17) is 21.1 Å². The molecular formula is C21H20ClN3O4. The summed E-state index contributed by atoms with van der Waals surface area (Å²) < 4.78 is 11.4. The van der Waals surface area contributed by atoms with Crippen LogP contribution in [0.1, 0.15) is 13.0 Å². The van der Waals surface area contributed by atoms with Crippen LogP contribution in [-0.2, 0) is 4.79 Å². The second-order valence-corrected chi connectivity index (χ2v) is 6.65. The molecule has 0 aliphatic carbocycles. The smallest absolute Gasteiger partial charge is 0.267 e. The van der Waals surface area contributed by atoms with E-state index in [1.807, 2.05) is 12.1 Å². The van der Waals surface area contributed by atoms with Gasteiger partial charge in [-0.3, -0.25) is 9.59 Å². The van der Waals surface area contributed by atoms with Crippen LogP contribution in [0.5, 0.6) is 11.5 Å². The molecule has 0 radical (unpaired) electrons. The molecule has 1 amide bonds. The van der Waals surface area contributed by atoms with Gasteiger partial charge in [0.2, 0.25) is 5.91 Å². The number of nitrogens with zero attached hydrogens (tertiary/aromatic N) is 2. The fourth-order valence-corrected chi connectivity index (χ4v) is 2.98. The number of aromatic nitrogens is 2. The molecule has 150 valence electrons. The third-order valence-corrected chi connectivity index (χ3v) is 4.67. The maximum Gasteiger partial charge on any atom is 0.267 e. The minimum absolute atomic E-state index is 0.370. The summed E-state index contributed by atoms with van der Waals surface area (Å²) in [7, 11) is 3.10. The predicted molar refractivity (Wildman–Crippen MR) is 112 cm³/mol. The first kappa shape index (κ1) is 20.4. The SMILES string of the molecule is COc1ccc(-c2ccc(=O)n(C(C)C(=O)Nc3ccc(OC)c(Cl)c3)n2)cc1. The number of carbonyl (C=O) groups excluding carboxylic acids is 1. The number of nitrogens with one attached hydrogen (secondary N) is 1. The molecule has 3 rings (SSSR count). The highest BCUT2D eigenvalue weighted by Gasteiger charge is 2.19. The molecule has 0 saturated heterocycles. The topological polar surface area (TPSA) is 82.5 Å². The Hall–Kier alpha value is -3.32. The Morgan fingerprint density at radius 1 is 1.07 bits per heavy atom. The maximum absolute atomic E-state index is 12.7. The predicted octanol–water partition coefficient (Wildman–Crippen LogP) is 3.78. The number of hydrogen-bond donors (Lipinski definition) is 1. The van der Waals surface area contributed by atoms with Gasteiger partial charge in [0.05, 0.1) is 24.9 Å². The Bertz CT molecular complexity index is 1080. The first-order valence-corrected chi connectivity index (χ1v) is 9.19. The molecule has 0 spiro atoms. The summed E-state index contributed by atoms with van der Waals surface area (Å²) in [6, 6.07) is 14.3. The highest BCUT2D eigenvalue weighted by atomic mass is 35.5. The number of amides is 1. The van der Waals surface area contributed by atoms with Crippen molar-refractivity contribution in [3.63, 3.8) is 0 Å². The Kier molecular flexibility index (Phi) is 6.19. The summed E-state index contributed by atoms with van der Waals surface area (Å²) in [5, 5.41) is 7.47. The van der Waals surface area contributed by atoms with Gasteiger partial charge >= 0.3 is 0 Å². The highest BCUT2D eigenvalue weighted by molar-refractivity contribution is 6.32. The van der Waals surface area contributed by atoms with Gasteiger partial charge in [0, 0.05) is 17.3 Å². The Balaban J connectivity index is 1.84. The normalized spacial score (nSPS) is 11.6. The first-order valence-electron chi connectivity index (χ1n) is 8.81. The number of benzene rings is 2. The van der Waals surface area contributed by atoms with E-state index in [9.17, 15) is 9.59 Å². The second-order valence-electron chi connectivity index (χ2n) is 6.24. The largest absolute Gasteiger partial charge is 0.497 e. The Morgan fingerprint density at radius 2 is 1.79 bits per heavy atom. The van der Waals surface area contributed by atoms with Crippen LogP contribution in [0.4, 0.5) is 5.69 Å². The zero-order valence-corrected chi connectivity index (χ0v) is 16.9. The molecule has 2 aromatic carbocycles. The van der Waals surface area contributed by atoms with Crippen LogP contribution < -0.4 is 20.3 Å². The van der Waals surface area contributed by atoms with E-state index in [1.165, 1.54) is 13.2 Å². The molecule has 0 aliphatic heterocycles. The van der Waals surface area contributed by atoms with E-state index in [-0.39, 0.29) is 5.56 Å². The molecule has 29 heavy (non-hydrogen) atoms. The van der Waals surface area contributed by atoms with Gasteiger partial charge in [-0.1, -0.05) is 11.6 Å². The van der Waals surface area contributed by atoms with Crippen molar-refractivity contribution in [2.75, 3.05) is 19.5 Å². The lowest BCUT2D eigenvalue weighted by Gasteiger charge is -2.15. The quantitative estimate of drug-likeness (QED) is 0.665. The van der Waals surface area contributed by atoms with Crippen molar-refractivity contribution >= 4 is 23.2 Å². The number of hydrogen-bond acceptors (Lipinski definition) is 5. The lowest BCUT2D eigenvalue weighted by Crippen LogP contribution is -2.33. The summed E-state index contributed by atoms with van der Waals surface area (Å²) in [5.74, 6) is 0.823. The Labute approximate surface area is 172 Å². The molecule has 1 heterocycles. The van der Waals surface area contributed by atoms with Crippen LogP contribution in [0.3, 0.4) is 0 Å². The second kappa shape index (κ2) is 8.79. The molecular weight excluding hydrogens is 394 g/mol. The van der Waals surface area contributed by atoms with Crippen molar-refractivity contribution in [1.29, 1.82) is 0 Å². The van der Waals surface area contributed by atoms with Crippen LogP contribution >= 0.6 is 11.6 Å². The molecule has 0 aliphatic rings. The summed E-state index contributed by atoms with van der Waals surface area (Å²) in [6.45, 7) is 1.60. The van der Waals surface area contributed by atoms with Crippen molar-refractivity contribution in [3.05, 3.63) is 70.0 Å². The van der Waals surface area contributed by atoms with Crippen molar-refractivity contribution < 1.29 is 14.3 Å². The van der Waals surface area contributed by atoms with E-state index in [0.717, 1.165) is 10.2 Å². The average molecular weight is 414 g/mol.